The summed E-state index contributed by atoms with van der Waals surface area (Å²) in [6.07, 6.45) is 1.61. The fraction of sp³-hybridized carbons (Fsp3) is 0.423. The Hall–Kier alpha value is -1.85. The summed E-state index contributed by atoms with van der Waals surface area (Å²) >= 11 is 12.3. The Morgan fingerprint density at radius 2 is 1.78 bits per heavy atom. The topological polar surface area (TPSA) is 69.6 Å². The van der Waals surface area contributed by atoms with E-state index in [1.54, 1.807) is 36.4 Å². The molecule has 0 fully saturated rings. The van der Waals surface area contributed by atoms with E-state index in [2.05, 4.69) is 11.9 Å². The highest BCUT2D eigenvalue weighted by Gasteiger charge is 2.39. The molecule has 2 unspecified atom stereocenters. The Morgan fingerprint density at radius 1 is 1.12 bits per heavy atom. The van der Waals surface area contributed by atoms with E-state index in [0.29, 0.717) is 28.5 Å². The van der Waals surface area contributed by atoms with Crippen molar-refractivity contribution in [3.8, 4) is 0 Å². The summed E-state index contributed by atoms with van der Waals surface area (Å²) in [6.45, 7) is 9.47. The number of amides is 1. The molecule has 2 aromatic carbocycles. The molecule has 0 aliphatic carbocycles. The second-order valence-electron chi connectivity index (χ2n) is 8.92. The minimum Gasteiger partial charge on any atom is -0.394 e. The molecule has 0 radical (unpaired) electrons. The molecule has 32 heavy (non-hydrogen) atoms. The van der Waals surface area contributed by atoms with Crippen molar-refractivity contribution in [3.05, 3.63) is 82.4 Å². The van der Waals surface area contributed by atoms with Crippen LogP contribution in [-0.4, -0.2) is 28.8 Å². The molecule has 0 saturated carbocycles. The van der Waals surface area contributed by atoms with Crippen molar-refractivity contribution in [1.29, 1.82) is 0 Å². The minimum absolute atomic E-state index is 0.0836. The number of rotatable bonds is 11. The van der Waals surface area contributed by atoms with Crippen LogP contribution in [0.4, 0.5) is 0 Å². The lowest BCUT2D eigenvalue weighted by molar-refractivity contribution is -0.132. The van der Waals surface area contributed by atoms with Gasteiger partial charge in [-0.1, -0.05) is 74.3 Å². The first-order valence-electron chi connectivity index (χ1n) is 10.8. The van der Waals surface area contributed by atoms with Gasteiger partial charge in [0.1, 0.15) is 0 Å². The lowest BCUT2D eigenvalue weighted by Gasteiger charge is -2.35. The van der Waals surface area contributed by atoms with Crippen LogP contribution in [0.15, 0.2) is 61.2 Å². The summed E-state index contributed by atoms with van der Waals surface area (Å²) in [7, 11) is 0. The zero-order chi connectivity index (χ0) is 23.9. The summed E-state index contributed by atoms with van der Waals surface area (Å²) < 4.78 is 0. The highest BCUT2D eigenvalue weighted by Crippen LogP contribution is 2.43. The monoisotopic (exact) mass is 477 g/mol. The van der Waals surface area contributed by atoms with Crippen molar-refractivity contribution >= 4 is 29.1 Å². The lowest BCUT2D eigenvalue weighted by atomic mass is 9.72. The zero-order valence-corrected chi connectivity index (χ0v) is 20.4. The quantitative estimate of drug-likeness (QED) is 0.352. The van der Waals surface area contributed by atoms with Crippen LogP contribution in [0.3, 0.4) is 0 Å². The van der Waals surface area contributed by atoms with Crippen LogP contribution in [-0.2, 0) is 4.79 Å². The van der Waals surface area contributed by atoms with Crippen LogP contribution >= 0.6 is 23.2 Å². The van der Waals surface area contributed by atoms with Crippen LogP contribution in [0.1, 0.15) is 56.8 Å². The van der Waals surface area contributed by atoms with Crippen molar-refractivity contribution < 1.29 is 15.0 Å². The van der Waals surface area contributed by atoms with E-state index in [1.165, 1.54) is 0 Å². The molecular weight excluding hydrogens is 445 g/mol. The fourth-order valence-corrected chi connectivity index (χ4v) is 4.20. The maximum absolute atomic E-state index is 13.4. The number of hydrogen-bond acceptors (Lipinski definition) is 3. The Morgan fingerprint density at radius 3 is 2.31 bits per heavy atom. The number of nitrogens with one attached hydrogen (secondary N) is 1. The number of allylic oxidation sites excluding steroid dienone is 1. The van der Waals surface area contributed by atoms with Gasteiger partial charge in [-0.05, 0) is 54.2 Å². The molecular formula is C26H33Cl2NO3. The predicted octanol–water partition coefficient (Wildman–Crippen LogP) is 5.92. The van der Waals surface area contributed by atoms with Gasteiger partial charge in [-0.3, -0.25) is 4.79 Å². The van der Waals surface area contributed by atoms with Gasteiger partial charge in [-0.25, -0.2) is 0 Å². The van der Waals surface area contributed by atoms with E-state index in [0.717, 1.165) is 5.56 Å². The second kappa shape index (κ2) is 11.9. The van der Waals surface area contributed by atoms with Gasteiger partial charge in [-0.15, -0.1) is 6.58 Å². The number of carbonyl (C=O) groups excluding carboxylic acids is 1. The molecule has 6 heteroatoms. The number of benzene rings is 2. The highest BCUT2D eigenvalue weighted by atomic mass is 35.5. The first kappa shape index (κ1) is 26.4. The summed E-state index contributed by atoms with van der Waals surface area (Å²) in [5.74, 6) is -0.502. The van der Waals surface area contributed by atoms with Crippen molar-refractivity contribution in [3.63, 3.8) is 0 Å². The molecule has 0 aliphatic rings. The van der Waals surface area contributed by atoms with Crippen molar-refractivity contribution in [2.24, 2.45) is 11.3 Å². The van der Waals surface area contributed by atoms with E-state index in [1.807, 2.05) is 39.0 Å². The number of carbonyl (C=O) groups is 1. The molecule has 0 saturated heterocycles. The van der Waals surface area contributed by atoms with E-state index in [4.69, 9.17) is 23.2 Å². The van der Waals surface area contributed by atoms with Crippen LogP contribution < -0.4 is 5.32 Å². The van der Waals surface area contributed by atoms with Gasteiger partial charge < -0.3 is 15.5 Å². The van der Waals surface area contributed by atoms with Crippen LogP contribution in [0.5, 0.6) is 0 Å². The third kappa shape index (κ3) is 6.82. The van der Waals surface area contributed by atoms with E-state index in [-0.39, 0.29) is 24.5 Å². The van der Waals surface area contributed by atoms with E-state index >= 15 is 0 Å². The van der Waals surface area contributed by atoms with E-state index < -0.39 is 17.4 Å². The Kier molecular flexibility index (Phi) is 9.78. The zero-order valence-electron chi connectivity index (χ0n) is 18.9. The fourth-order valence-electron chi connectivity index (χ4n) is 3.88. The summed E-state index contributed by atoms with van der Waals surface area (Å²) in [5.41, 5.74) is 0.687. The van der Waals surface area contributed by atoms with Crippen LogP contribution in [0.25, 0.3) is 0 Å². The van der Waals surface area contributed by atoms with Gasteiger partial charge in [0.15, 0.2) is 0 Å². The van der Waals surface area contributed by atoms with Crippen molar-refractivity contribution in [2.75, 3.05) is 6.61 Å². The average Bonchev–Trinajstić information content (AvgIpc) is 2.75. The lowest BCUT2D eigenvalue weighted by Crippen LogP contribution is -2.48. The largest absolute Gasteiger partial charge is 0.394 e. The molecule has 4 nitrogen and oxygen atoms in total. The van der Waals surface area contributed by atoms with Gasteiger partial charge in [0, 0.05) is 16.0 Å². The van der Waals surface area contributed by atoms with Gasteiger partial charge in [0.25, 0.3) is 0 Å². The molecule has 3 N–H and O–H groups in total. The Bertz CT molecular complexity index is 900. The molecule has 4 atom stereocenters. The Balaban J connectivity index is 2.44. The molecule has 0 aliphatic heterocycles. The Labute approximate surface area is 201 Å². The van der Waals surface area contributed by atoms with Crippen LogP contribution in [0, 0.1) is 11.3 Å². The second-order valence-corrected chi connectivity index (χ2v) is 9.79. The maximum Gasteiger partial charge on any atom is 0.226 e. The molecule has 174 valence electrons. The molecule has 0 bridgehead atoms. The number of aliphatic hydroxyl groups excluding tert-OH is 2. The first-order valence-corrected chi connectivity index (χ1v) is 11.6. The molecule has 2 rings (SSSR count). The van der Waals surface area contributed by atoms with Gasteiger partial charge in [0.05, 0.1) is 24.2 Å². The normalized spacial score (nSPS) is 16.1. The van der Waals surface area contributed by atoms with Crippen molar-refractivity contribution in [1.82, 2.24) is 5.32 Å². The molecule has 2 aromatic rings. The third-order valence-corrected chi connectivity index (χ3v) is 6.49. The maximum atomic E-state index is 13.4. The first-order chi connectivity index (χ1) is 15.1. The van der Waals surface area contributed by atoms with E-state index in [9.17, 15) is 15.0 Å². The number of hydrogen-bond donors (Lipinski definition) is 3. The minimum atomic E-state index is -0.874. The summed E-state index contributed by atoms with van der Waals surface area (Å²) in [6, 6.07) is 14.0. The average molecular weight is 478 g/mol. The molecule has 0 spiro atoms. The SMILES string of the molecule is C=CCC(C)(C[C@H](c1cccc(Cl)c1)[C@@H](O)c1ccc(Cl)cc1)C(=O)NC(CO)C(C)C. The number of aliphatic hydroxyl groups is 2. The summed E-state index contributed by atoms with van der Waals surface area (Å²) in [5, 5.41) is 25.2. The van der Waals surface area contributed by atoms with Crippen LogP contribution in [0.2, 0.25) is 10.0 Å². The van der Waals surface area contributed by atoms with Gasteiger partial charge >= 0.3 is 0 Å². The third-order valence-electron chi connectivity index (χ3n) is 6.00. The highest BCUT2D eigenvalue weighted by molar-refractivity contribution is 6.30. The summed E-state index contributed by atoms with van der Waals surface area (Å²) in [4.78, 5) is 13.4. The smallest absolute Gasteiger partial charge is 0.226 e. The van der Waals surface area contributed by atoms with Crippen molar-refractivity contribution in [2.45, 2.75) is 51.7 Å². The van der Waals surface area contributed by atoms with Gasteiger partial charge in [-0.2, -0.15) is 0 Å². The van der Waals surface area contributed by atoms with Gasteiger partial charge in [0.2, 0.25) is 5.91 Å². The predicted molar refractivity (Wildman–Crippen MR) is 132 cm³/mol. The molecule has 1 amide bonds. The standard InChI is InChI=1S/C26H33Cl2NO3/c1-5-13-26(4,25(32)29-23(16-30)17(2)3)15-22(19-7-6-8-21(28)14-19)24(31)18-9-11-20(27)12-10-18/h5-12,14,17,22-24,30-31H,1,13,15-16H2,2-4H3,(H,29,32)/t22-,23?,24+,26?/m1/s1. The number of halogens is 2. The molecule has 0 heterocycles. The molecule has 0 aromatic heterocycles.